The Morgan fingerprint density at radius 3 is 1.54 bits per heavy atom. The number of anilines is 3. The van der Waals surface area contributed by atoms with Crippen LogP contribution in [0.25, 0.3) is 77.2 Å². The molecule has 2 nitrogen and oxygen atoms in total. The van der Waals surface area contributed by atoms with E-state index in [9.17, 15) is 0 Å². The summed E-state index contributed by atoms with van der Waals surface area (Å²) in [5.74, 6) is 0. The standard InChI is InChI=1S/C65H43NO/c1-4-17-45(18-5-1)55-28-16-31-60-63(55)59-42-41-52(43-61(59)65(60,48-21-6-2-7-22-48)49-23-8-3-9-24-49)66(50-37-33-46(34-38-50)54-27-14-20-44-19-10-11-25-53(44)54)51-39-35-47(36-40-51)56-29-15-30-58-57-26-12-13-32-62(57)67-64(56)58/h1-43H. The van der Waals surface area contributed by atoms with Crippen molar-refractivity contribution >= 4 is 49.8 Å². The van der Waals surface area contributed by atoms with Crippen molar-refractivity contribution in [1.29, 1.82) is 0 Å². The van der Waals surface area contributed by atoms with Crippen LogP contribution in [-0.4, -0.2) is 0 Å². The molecule has 0 saturated heterocycles. The predicted octanol–water partition coefficient (Wildman–Crippen LogP) is 17.6. The summed E-state index contributed by atoms with van der Waals surface area (Å²) in [5.41, 5.74) is 19.0. The van der Waals surface area contributed by atoms with Gasteiger partial charge in [-0.25, -0.2) is 0 Å². The van der Waals surface area contributed by atoms with Gasteiger partial charge in [-0.2, -0.15) is 0 Å². The number of para-hydroxylation sites is 2. The minimum Gasteiger partial charge on any atom is -0.455 e. The van der Waals surface area contributed by atoms with Crippen LogP contribution in [0.5, 0.6) is 0 Å². The molecule has 1 aliphatic carbocycles. The second kappa shape index (κ2) is 15.8. The lowest BCUT2D eigenvalue weighted by molar-refractivity contribution is 0.670. The van der Waals surface area contributed by atoms with Crippen molar-refractivity contribution in [2.75, 3.05) is 4.90 Å². The Kier molecular flexibility index (Phi) is 9.11. The highest BCUT2D eigenvalue weighted by Crippen LogP contribution is 2.59. The summed E-state index contributed by atoms with van der Waals surface area (Å²) < 4.78 is 6.52. The SMILES string of the molecule is c1ccc(-c2cccc3c2-c2ccc(N(c4ccc(-c5cccc6ccccc56)cc4)c4ccc(-c5cccc6c5oc5ccccc56)cc4)cc2C3(c2ccccc2)c2ccccc2)cc1. The van der Waals surface area contributed by atoms with Crippen LogP contribution < -0.4 is 4.90 Å². The molecule has 314 valence electrons. The zero-order valence-electron chi connectivity index (χ0n) is 36.7. The summed E-state index contributed by atoms with van der Waals surface area (Å²) in [5, 5.41) is 4.74. The molecule has 1 aromatic heterocycles. The smallest absolute Gasteiger partial charge is 0.143 e. The lowest BCUT2D eigenvalue weighted by Crippen LogP contribution is -2.28. The van der Waals surface area contributed by atoms with Crippen LogP contribution in [-0.2, 0) is 5.41 Å². The number of benzene rings is 11. The maximum Gasteiger partial charge on any atom is 0.143 e. The molecule has 0 saturated carbocycles. The summed E-state index contributed by atoms with van der Waals surface area (Å²) in [6.07, 6.45) is 0. The Morgan fingerprint density at radius 1 is 0.313 bits per heavy atom. The van der Waals surface area contributed by atoms with Crippen LogP contribution in [0.1, 0.15) is 22.3 Å². The molecule has 0 unspecified atom stereocenters. The van der Waals surface area contributed by atoms with Crippen LogP contribution >= 0.6 is 0 Å². The number of furan rings is 1. The van der Waals surface area contributed by atoms with Crippen molar-refractivity contribution in [3.8, 4) is 44.5 Å². The summed E-state index contributed by atoms with van der Waals surface area (Å²) in [7, 11) is 0. The van der Waals surface area contributed by atoms with Crippen molar-refractivity contribution in [3.63, 3.8) is 0 Å². The van der Waals surface area contributed by atoms with Gasteiger partial charge in [-0.15, -0.1) is 0 Å². The zero-order chi connectivity index (χ0) is 44.3. The summed E-state index contributed by atoms with van der Waals surface area (Å²) >= 11 is 0. The van der Waals surface area contributed by atoms with Gasteiger partial charge in [0.25, 0.3) is 0 Å². The Labute approximate surface area is 390 Å². The number of nitrogens with zero attached hydrogens (tertiary/aromatic N) is 1. The van der Waals surface area contributed by atoms with E-state index in [1.807, 2.05) is 12.1 Å². The third kappa shape index (κ3) is 6.18. The van der Waals surface area contributed by atoms with Crippen LogP contribution in [0.3, 0.4) is 0 Å². The summed E-state index contributed by atoms with van der Waals surface area (Å²) in [6, 6.07) is 95.1. The van der Waals surface area contributed by atoms with Crippen molar-refractivity contribution in [3.05, 3.63) is 283 Å². The molecule has 0 radical (unpaired) electrons. The molecule has 0 bridgehead atoms. The first-order valence-electron chi connectivity index (χ1n) is 23.1. The van der Waals surface area contributed by atoms with E-state index in [2.05, 4.69) is 254 Å². The molecular formula is C65H43NO. The largest absolute Gasteiger partial charge is 0.455 e. The van der Waals surface area contributed by atoms with Crippen LogP contribution in [0, 0.1) is 0 Å². The van der Waals surface area contributed by atoms with Gasteiger partial charge in [-0.1, -0.05) is 218 Å². The van der Waals surface area contributed by atoms with E-state index in [-0.39, 0.29) is 0 Å². The molecule has 0 fully saturated rings. The molecule has 12 aromatic rings. The number of fused-ring (bicyclic) bond motifs is 7. The first-order chi connectivity index (χ1) is 33.2. The Balaban J connectivity index is 1.03. The van der Waals surface area contributed by atoms with Crippen LogP contribution in [0.4, 0.5) is 17.1 Å². The molecule has 0 amide bonds. The molecule has 0 N–H and O–H groups in total. The Morgan fingerprint density at radius 2 is 0.821 bits per heavy atom. The monoisotopic (exact) mass is 853 g/mol. The fourth-order valence-corrected chi connectivity index (χ4v) is 11.0. The minimum atomic E-state index is -0.590. The van der Waals surface area contributed by atoms with Gasteiger partial charge < -0.3 is 9.32 Å². The fraction of sp³-hybridized carbons (Fsp3) is 0.0154. The highest BCUT2D eigenvalue weighted by molar-refractivity contribution is 6.09. The molecular weight excluding hydrogens is 811 g/mol. The van der Waals surface area contributed by atoms with E-state index < -0.39 is 5.41 Å². The maximum absolute atomic E-state index is 6.52. The molecule has 0 aliphatic heterocycles. The molecule has 11 aromatic carbocycles. The van der Waals surface area contributed by atoms with Crippen molar-refractivity contribution in [1.82, 2.24) is 0 Å². The van der Waals surface area contributed by atoms with Gasteiger partial charge in [-0.05, 0) is 114 Å². The van der Waals surface area contributed by atoms with Gasteiger partial charge in [-0.3, -0.25) is 0 Å². The minimum absolute atomic E-state index is 0.590. The van der Waals surface area contributed by atoms with Crippen LogP contribution in [0.2, 0.25) is 0 Å². The van der Waals surface area contributed by atoms with Gasteiger partial charge in [0.1, 0.15) is 11.2 Å². The van der Waals surface area contributed by atoms with Gasteiger partial charge in [0.05, 0.1) is 5.41 Å². The summed E-state index contributed by atoms with van der Waals surface area (Å²) in [6.45, 7) is 0. The highest BCUT2D eigenvalue weighted by atomic mass is 16.3. The topological polar surface area (TPSA) is 16.4 Å². The molecule has 1 heterocycles. The average molecular weight is 854 g/mol. The van der Waals surface area contributed by atoms with E-state index in [1.165, 1.54) is 66.4 Å². The maximum atomic E-state index is 6.52. The molecule has 67 heavy (non-hydrogen) atoms. The third-order valence-corrected chi connectivity index (χ3v) is 14.0. The molecule has 13 rings (SSSR count). The number of hydrogen-bond acceptors (Lipinski definition) is 2. The van der Waals surface area contributed by atoms with Gasteiger partial charge in [0.15, 0.2) is 0 Å². The third-order valence-electron chi connectivity index (χ3n) is 14.0. The van der Waals surface area contributed by atoms with Crippen molar-refractivity contribution in [2.45, 2.75) is 5.41 Å². The molecule has 0 atom stereocenters. The number of hydrogen-bond donors (Lipinski definition) is 0. The van der Waals surface area contributed by atoms with E-state index >= 15 is 0 Å². The summed E-state index contributed by atoms with van der Waals surface area (Å²) in [4.78, 5) is 2.42. The van der Waals surface area contributed by atoms with E-state index in [0.29, 0.717) is 0 Å². The van der Waals surface area contributed by atoms with Gasteiger partial charge in [0, 0.05) is 33.4 Å². The average Bonchev–Trinajstić information content (AvgIpc) is 3.94. The molecule has 0 spiro atoms. The van der Waals surface area contributed by atoms with E-state index in [4.69, 9.17) is 4.42 Å². The van der Waals surface area contributed by atoms with Crippen molar-refractivity contribution in [2.24, 2.45) is 0 Å². The van der Waals surface area contributed by atoms with Crippen molar-refractivity contribution < 1.29 is 4.42 Å². The fourth-order valence-electron chi connectivity index (χ4n) is 11.0. The second-order valence-electron chi connectivity index (χ2n) is 17.5. The van der Waals surface area contributed by atoms with Gasteiger partial charge in [0.2, 0.25) is 0 Å². The molecule has 2 heteroatoms. The number of rotatable bonds is 8. The Bertz CT molecular complexity index is 3730. The van der Waals surface area contributed by atoms with E-state index in [0.717, 1.165) is 50.1 Å². The lowest BCUT2D eigenvalue weighted by atomic mass is 9.67. The second-order valence-corrected chi connectivity index (χ2v) is 17.5. The quantitative estimate of drug-likeness (QED) is 0.151. The van der Waals surface area contributed by atoms with Crippen LogP contribution in [0.15, 0.2) is 265 Å². The first kappa shape index (κ1) is 38.7. The lowest BCUT2D eigenvalue weighted by Gasteiger charge is -2.35. The van der Waals surface area contributed by atoms with Gasteiger partial charge >= 0.3 is 0 Å². The van der Waals surface area contributed by atoms with E-state index in [1.54, 1.807) is 0 Å². The molecule has 1 aliphatic rings. The predicted molar refractivity (Wildman–Crippen MR) is 280 cm³/mol. The Hall–Kier alpha value is -8.72. The normalized spacial score (nSPS) is 12.6. The highest BCUT2D eigenvalue weighted by Gasteiger charge is 2.47. The zero-order valence-corrected chi connectivity index (χ0v) is 36.7. The first-order valence-corrected chi connectivity index (χ1v) is 23.1.